The minimum absolute atomic E-state index is 0.0338. The van der Waals surface area contributed by atoms with Crippen LogP contribution in [0.1, 0.15) is 20.3 Å². The van der Waals surface area contributed by atoms with Gasteiger partial charge in [-0.1, -0.05) is 0 Å². The highest BCUT2D eigenvalue weighted by molar-refractivity contribution is 7.88. The Labute approximate surface area is 93.2 Å². The van der Waals surface area contributed by atoms with Crippen molar-refractivity contribution in [3.05, 3.63) is 0 Å². The highest BCUT2D eigenvalue weighted by Crippen LogP contribution is 1.93. The number of carboxylic acids is 1. The molecule has 1 unspecified atom stereocenters. The van der Waals surface area contributed by atoms with Crippen molar-refractivity contribution in [2.75, 3.05) is 6.61 Å². The maximum Gasteiger partial charge on any atom is 0.421 e. The SMILES string of the molecule is CCOC(=O)NS(=O)(=O)NC(C)CC(=O)O. The Bertz CT molecular complexity index is 352. The van der Waals surface area contributed by atoms with Gasteiger partial charge in [-0.25, -0.2) is 9.52 Å². The summed E-state index contributed by atoms with van der Waals surface area (Å²) >= 11 is 0. The van der Waals surface area contributed by atoms with E-state index in [0.717, 1.165) is 0 Å². The fraction of sp³-hybridized carbons (Fsp3) is 0.714. The lowest BCUT2D eigenvalue weighted by molar-refractivity contribution is -0.137. The molecule has 0 saturated carbocycles. The van der Waals surface area contributed by atoms with Crippen molar-refractivity contribution in [2.45, 2.75) is 26.3 Å². The maximum absolute atomic E-state index is 11.2. The van der Waals surface area contributed by atoms with Crippen molar-refractivity contribution >= 4 is 22.3 Å². The number of nitrogens with one attached hydrogen (secondary N) is 2. The van der Waals surface area contributed by atoms with Crippen molar-refractivity contribution < 1.29 is 27.9 Å². The lowest BCUT2D eigenvalue weighted by Gasteiger charge is -2.12. The standard InChI is InChI=1S/C7H14N2O6S/c1-3-15-7(12)9-16(13,14)8-5(2)4-6(10)11/h5,8H,3-4H2,1-2H3,(H,9,12)(H,10,11). The van der Waals surface area contributed by atoms with Gasteiger partial charge in [-0.05, 0) is 13.8 Å². The molecule has 0 heterocycles. The van der Waals surface area contributed by atoms with Crippen LogP contribution in [-0.4, -0.2) is 38.2 Å². The van der Waals surface area contributed by atoms with Crippen LogP contribution < -0.4 is 9.44 Å². The second-order valence-corrected chi connectivity index (χ2v) is 4.39. The number of amides is 1. The molecule has 1 atom stereocenters. The van der Waals surface area contributed by atoms with Gasteiger partial charge in [0.05, 0.1) is 13.0 Å². The first-order chi connectivity index (χ1) is 7.26. The van der Waals surface area contributed by atoms with Crippen LogP contribution in [0.3, 0.4) is 0 Å². The summed E-state index contributed by atoms with van der Waals surface area (Å²) in [7, 11) is -4.09. The summed E-state index contributed by atoms with van der Waals surface area (Å²) in [6.45, 7) is 2.91. The molecule has 0 saturated heterocycles. The van der Waals surface area contributed by atoms with Gasteiger partial charge in [0.1, 0.15) is 0 Å². The Morgan fingerprint density at radius 1 is 1.44 bits per heavy atom. The van der Waals surface area contributed by atoms with Crippen LogP contribution in [0.2, 0.25) is 0 Å². The van der Waals surface area contributed by atoms with E-state index in [1.165, 1.54) is 13.8 Å². The molecule has 94 valence electrons. The number of carbonyl (C=O) groups excluding carboxylic acids is 1. The van der Waals surface area contributed by atoms with E-state index in [1.54, 1.807) is 4.72 Å². The van der Waals surface area contributed by atoms with Crippen molar-refractivity contribution in [1.29, 1.82) is 0 Å². The zero-order valence-corrected chi connectivity index (χ0v) is 9.70. The first kappa shape index (κ1) is 14.6. The Kier molecular flexibility index (Phi) is 5.75. The molecule has 0 aromatic rings. The number of carboxylic acid groups (broad SMARTS) is 1. The fourth-order valence-corrected chi connectivity index (χ4v) is 1.82. The number of carbonyl (C=O) groups is 2. The summed E-state index contributed by atoms with van der Waals surface area (Å²) in [5.41, 5.74) is 0. The summed E-state index contributed by atoms with van der Waals surface area (Å²) < 4.78 is 30.3. The van der Waals surface area contributed by atoms with Crippen molar-refractivity contribution in [3.63, 3.8) is 0 Å². The highest BCUT2D eigenvalue weighted by Gasteiger charge is 2.19. The van der Waals surface area contributed by atoms with Gasteiger partial charge in [0.25, 0.3) is 0 Å². The fourth-order valence-electron chi connectivity index (χ4n) is 0.868. The van der Waals surface area contributed by atoms with Gasteiger partial charge in [-0.2, -0.15) is 13.1 Å². The molecular formula is C7H14N2O6S. The van der Waals surface area contributed by atoms with Crippen LogP contribution in [0.15, 0.2) is 0 Å². The lowest BCUT2D eigenvalue weighted by atomic mass is 10.3. The summed E-state index contributed by atoms with van der Waals surface area (Å²) in [6.07, 6.45) is -1.50. The van der Waals surface area contributed by atoms with Gasteiger partial charge in [-0.3, -0.25) is 4.79 Å². The molecule has 16 heavy (non-hydrogen) atoms. The Morgan fingerprint density at radius 2 is 2.00 bits per heavy atom. The molecule has 0 aromatic carbocycles. The molecule has 0 aliphatic heterocycles. The predicted molar refractivity (Wildman–Crippen MR) is 53.9 cm³/mol. The van der Waals surface area contributed by atoms with Gasteiger partial charge < -0.3 is 9.84 Å². The molecule has 0 bridgehead atoms. The molecule has 1 amide bonds. The van der Waals surface area contributed by atoms with E-state index in [-0.39, 0.29) is 13.0 Å². The number of rotatable bonds is 6. The van der Waals surface area contributed by atoms with Crippen LogP contribution in [0.4, 0.5) is 4.79 Å². The molecule has 8 nitrogen and oxygen atoms in total. The van der Waals surface area contributed by atoms with E-state index in [0.29, 0.717) is 0 Å². The topological polar surface area (TPSA) is 122 Å². The summed E-state index contributed by atoms with van der Waals surface area (Å²) in [6, 6.07) is -0.829. The Hall–Kier alpha value is -1.35. The molecule has 0 radical (unpaired) electrons. The maximum atomic E-state index is 11.2. The second kappa shape index (κ2) is 6.28. The van der Waals surface area contributed by atoms with Gasteiger partial charge in [0, 0.05) is 6.04 Å². The van der Waals surface area contributed by atoms with Gasteiger partial charge in [0.2, 0.25) is 0 Å². The normalized spacial score (nSPS) is 12.9. The molecular weight excluding hydrogens is 240 g/mol. The zero-order valence-electron chi connectivity index (χ0n) is 8.89. The lowest BCUT2D eigenvalue weighted by Crippen LogP contribution is -2.44. The summed E-state index contributed by atoms with van der Waals surface area (Å²) in [5, 5.41) is 8.40. The molecule has 9 heteroatoms. The second-order valence-electron chi connectivity index (χ2n) is 2.94. The largest absolute Gasteiger partial charge is 0.481 e. The Balaban J connectivity index is 4.24. The zero-order chi connectivity index (χ0) is 12.8. The molecule has 0 aliphatic carbocycles. The number of ether oxygens (including phenoxy) is 1. The number of hydrogen-bond donors (Lipinski definition) is 3. The van der Waals surface area contributed by atoms with E-state index in [1.807, 2.05) is 4.72 Å². The van der Waals surface area contributed by atoms with Crippen LogP contribution in [-0.2, 0) is 19.7 Å². The molecule has 3 N–H and O–H groups in total. The van der Waals surface area contributed by atoms with E-state index < -0.39 is 28.3 Å². The van der Waals surface area contributed by atoms with Crippen molar-refractivity contribution in [2.24, 2.45) is 0 Å². The average Bonchev–Trinajstić information content (AvgIpc) is 1.98. The molecule has 0 aromatic heterocycles. The van der Waals surface area contributed by atoms with Gasteiger partial charge in [-0.15, -0.1) is 0 Å². The Morgan fingerprint density at radius 3 is 2.44 bits per heavy atom. The number of hydrogen-bond acceptors (Lipinski definition) is 5. The highest BCUT2D eigenvalue weighted by atomic mass is 32.2. The third-order valence-corrected chi connectivity index (χ3v) is 2.48. The van der Waals surface area contributed by atoms with E-state index in [2.05, 4.69) is 4.74 Å². The molecule has 0 fully saturated rings. The minimum atomic E-state index is -4.09. The number of aliphatic carboxylic acids is 1. The quantitative estimate of drug-likeness (QED) is 0.583. The summed E-state index contributed by atoms with van der Waals surface area (Å²) in [4.78, 5) is 21.1. The van der Waals surface area contributed by atoms with E-state index in [4.69, 9.17) is 5.11 Å². The average molecular weight is 254 g/mol. The first-order valence-corrected chi connectivity index (χ1v) is 5.93. The van der Waals surface area contributed by atoms with Crippen molar-refractivity contribution in [1.82, 2.24) is 9.44 Å². The molecule has 0 aliphatic rings. The molecule has 0 spiro atoms. The first-order valence-electron chi connectivity index (χ1n) is 4.45. The molecule has 0 rings (SSSR count). The monoisotopic (exact) mass is 254 g/mol. The minimum Gasteiger partial charge on any atom is -0.481 e. The van der Waals surface area contributed by atoms with Crippen LogP contribution in [0.25, 0.3) is 0 Å². The smallest absolute Gasteiger partial charge is 0.421 e. The van der Waals surface area contributed by atoms with Crippen molar-refractivity contribution in [3.8, 4) is 0 Å². The van der Waals surface area contributed by atoms with E-state index in [9.17, 15) is 18.0 Å². The van der Waals surface area contributed by atoms with E-state index >= 15 is 0 Å². The van der Waals surface area contributed by atoms with Crippen LogP contribution in [0, 0.1) is 0 Å². The van der Waals surface area contributed by atoms with Crippen LogP contribution >= 0.6 is 0 Å². The van der Waals surface area contributed by atoms with Gasteiger partial charge in [0.15, 0.2) is 0 Å². The predicted octanol–water partition coefficient (Wildman–Crippen LogP) is -0.570. The third-order valence-electron chi connectivity index (χ3n) is 1.33. The summed E-state index contributed by atoms with van der Waals surface area (Å²) in [5.74, 6) is -1.15. The third kappa shape index (κ3) is 7.01. The van der Waals surface area contributed by atoms with Crippen LogP contribution in [0.5, 0.6) is 0 Å². The van der Waals surface area contributed by atoms with Gasteiger partial charge >= 0.3 is 22.3 Å².